The van der Waals surface area contributed by atoms with Crippen LogP contribution in [0.1, 0.15) is 40.4 Å². The number of anilines is 1. The molecule has 150 valence electrons. The number of esters is 1. The van der Waals surface area contributed by atoms with E-state index < -0.39 is 5.97 Å². The van der Waals surface area contributed by atoms with E-state index in [1.54, 1.807) is 37.5 Å². The van der Waals surface area contributed by atoms with Crippen LogP contribution in [0.4, 0.5) is 5.69 Å². The van der Waals surface area contributed by atoms with Gasteiger partial charge >= 0.3 is 5.97 Å². The quantitative estimate of drug-likeness (QED) is 0.476. The maximum atomic E-state index is 12.3. The number of hydrogen-bond donors (Lipinski definition) is 1. The van der Waals surface area contributed by atoms with E-state index in [-0.39, 0.29) is 24.7 Å². The minimum absolute atomic E-state index is 0.0325. The number of rotatable bonds is 7. The van der Waals surface area contributed by atoms with Crippen LogP contribution in [-0.2, 0) is 20.7 Å². The van der Waals surface area contributed by atoms with E-state index >= 15 is 0 Å². The predicted molar refractivity (Wildman–Crippen MR) is 110 cm³/mol. The van der Waals surface area contributed by atoms with Crippen LogP contribution in [0.5, 0.6) is 0 Å². The number of carbonyl (C=O) groups excluding carboxylic acids is 3. The standard InChI is InChI=1S/C23H23NO5/c1-4-21(26)24-18-8-6-16(7-9-18)20(25)13-28-22(27)11-17-12-29-23-15(3)14(2)5-10-19(17)23/h5-10,12H,4,11,13H2,1-3H3,(H,24,26). The number of hydrogen-bond acceptors (Lipinski definition) is 5. The Balaban J connectivity index is 1.57. The number of benzene rings is 2. The Hall–Kier alpha value is -3.41. The van der Waals surface area contributed by atoms with Crippen molar-refractivity contribution in [3.63, 3.8) is 0 Å². The largest absolute Gasteiger partial charge is 0.464 e. The Morgan fingerprint density at radius 1 is 1.03 bits per heavy atom. The number of fused-ring (bicyclic) bond motifs is 1. The lowest BCUT2D eigenvalue weighted by atomic mass is 10.0. The molecular formula is C23H23NO5. The number of nitrogens with one attached hydrogen (secondary N) is 1. The SMILES string of the molecule is CCC(=O)Nc1ccc(C(=O)COC(=O)Cc2coc3c(C)c(C)ccc23)cc1. The molecule has 6 heteroatoms. The molecule has 2 aromatic carbocycles. The Morgan fingerprint density at radius 2 is 1.76 bits per heavy atom. The number of carbonyl (C=O) groups is 3. The van der Waals surface area contributed by atoms with Gasteiger partial charge < -0.3 is 14.5 Å². The molecule has 0 spiro atoms. The van der Waals surface area contributed by atoms with Crippen molar-refractivity contribution >= 4 is 34.3 Å². The van der Waals surface area contributed by atoms with Crippen LogP contribution in [-0.4, -0.2) is 24.3 Å². The average Bonchev–Trinajstić information content (AvgIpc) is 3.12. The first-order valence-corrected chi connectivity index (χ1v) is 9.44. The molecule has 3 aromatic rings. The summed E-state index contributed by atoms with van der Waals surface area (Å²) in [6.07, 6.45) is 1.97. The van der Waals surface area contributed by atoms with Crippen molar-refractivity contribution in [2.24, 2.45) is 0 Å². The van der Waals surface area contributed by atoms with E-state index in [0.717, 1.165) is 27.7 Å². The van der Waals surface area contributed by atoms with Gasteiger partial charge in [0.15, 0.2) is 12.4 Å². The third kappa shape index (κ3) is 4.71. The molecule has 0 radical (unpaired) electrons. The van der Waals surface area contributed by atoms with Crippen molar-refractivity contribution < 1.29 is 23.5 Å². The summed E-state index contributed by atoms with van der Waals surface area (Å²) in [4.78, 5) is 35.8. The zero-order chi connectivity index (χ0) is 21.0. The molecule has 0 fully saturated rings. The maximum absolute atomic E-state index is 12.3. The van der Waals surface area contributed by atoms with E-state index in [1.165, 1.54) is 0 Å². The Kier molecular flexibility index (Phi) is 6.12. The molecule has 29 heavy (non-hydrogen) atoms. The summed E-state index contributed by atoms with van der Waals surface area (Å²) in [5, 5.41) is 3.59. The van der Waals surface area contributed by atoms with Gasteiger partial charge in [0, 0.05) is 28.6 Å². The minimum Gasteiger partial charge on any atom is -0.464 e. The summed E-state index contributed by atoms with van der Waals surface area (Å²) < 4.78 is 10.7. The number of ketones is 1. The molecule has 0 atom stereocenters. The van der Waals surface area contributed by atoms with Gasteiger partial charge in [-0.25, -0.2) is 0 Å². The summed E-state index contributed by atoms with van der Waals surface area (Å²) in [5.41, 5.74) is 4.67. The van der Waals surface area contributed by atoms with Gasteiger partial charge in [0.25, 0.3) is 0 Å². The highest BCUT2D eigenvalue weighted by Gasteiger charge is 2.15. The van der Waals surface area contributed by atoms with Gasteiger partial charge in [-0.2, -0.15) is 0 Å². The van der Waals surface area contributed by atoms with Crippen LogP contribution in [0.25, 0.3) is 11.0 Å². The lowest BCUT2D eigenvalue weighted by Gasteiger charge is -2.06. The van der Waals surface area contributed by atoms with Crippen molar-refractivity contribution in [1.82, 2.24) is 0 Å². The normalized spacial score (nSPS) is 10.7. The number of ether oxygens (including phenoxy) is 1. The number of furan rings is 1. The van der Waals surface area contributed by atoms with E-state index in [0.29, 0.717) is 17.7 Å². The second-order valence-corrected chi connectivity index (χ2v) is 6.88. The van der Waals surface area contributed by atoms with Gasteiger partial charge in [0.05, 0.1) is 12.7 Å². The molecule has 0 saturated carbocycles. The van der Waals surface area contributed by atoms with E-state index in [9.17, 15) is 14.4 Å². The highest BCUT2D eigenvalue weighted by atomic mass is 16.5. The first-order chi connectivity index (χ1) is 13.9. The minimum atomic E-state index is -0.494. The van der Waals surface area contributed by atoms with Crippen LogP contribution < -0.4 is 5.32 Å². The van der Waals surface area contributed by atoms with Gasteiger partial charge in [0.2, 0.25) is 5.91 Å². The summed E-state index contributed by atoms with van der Waals surface area (Å²) in [6.45, 7) is 5.39. The molecule has 0 aliphatic heterocycles. The number of aryl methyl sites for hydroxylation is 2. The number of amides is 1. The first kappa shape index (κ1) is 20.3. The van der Waals surface area contributed by atoms with Crippen molar-refractivity contribution in [3.05, 3.63) is 64.9 Å². The Labute approximate surface area is 168 Å². The molecule has 6 nitrogen and oxygen atoms in total. The lowest BCUT2D eigenvalue weighted by Crippen LogP contribution is -2.16. The topological polar surface area (TPSA) is 85.6 Å². The first-order valence-electron chi connectivity index (χ1n) is 9.44. The molecule has 3 rings (SSSR count). The van der Waals surface area contributed by atoms with E-state index in [2.05, 4.69) is 5.32 Å². The fourth-order valence-electron chi connectivity index (χ4n) is 2.95. The zero-order valence-corrected chi connectivity index (χ0v) is 16.7. The average molecular weight is 393 g/mol. The Bertz CT molecular complexity index is 1060. The highest BCUT2D eigenvalue weighted by molar-refractivity contribution is 5.99. The molecule has 0 aliphatic carbocycles. The zero-order valence-electron chi connectivity index (χ0n) is 16.7. The molecule has 0 aliphatic rings. The highest BCUT2D eigenvalue weighted by Crippen LogP contribution is 2.26. The van der Waals surface area contributed by atoms with Gasteiger partial charge in [-0.1, -0.05) is 19.1 Å². The summed E-state index contributed by atoms with van der Waals surface area (Å²) >= 11 is 0. The smallest absolute Gasteiger partial charge is 0.310 e. The third-order valence-electron chi connectivity index (χ3n) is 4.85. The molecular weight excluding hydrogens is 370 g/mol. The fourth-order valence-corrected chi connectivity index (χ4v) is 2.95. The van der Waals surface area contributed by atoms with E-state index in [4.69, 9.17) is 9.15 Å². The van der Waals surface area contributed by atoms with Gasteiger partial charge in [-0.3, -0.25) is 14.4 Å². The summed E-state index contributed by atoms with van der Waals surface area (Å²) in [5.74, 6) is -0.906. The monoisotopic (exact) mass is 393 g/mol. The number of Topliss-reactive ketones (excluding diaryl/α,β-unsaturated/α-hetero) is 1. The lowest BCUT2D eigenvalue weighted by molar-refractivity contribution is -0.141. The van der Waals surface area contributed by atoms with Gasteiger partial charge in [-0.15, -0.1) is 0 Å². The summed E-state index contributed by atoms with van der Waals surface area (Å²) in [6, 6.07) is 10.4. The van der Waals surface area contributed by atoms with E-state index in [1.807, 2.05) is 26.0 Å². The van der Waals surface area contributed by atoms with Crippen molar-refractivity contribution in [1.29, 1.82) is 0 Å². The molecule has 1 amide bonds. The molecule has 1 N–H and O–H groups in total. The van der Waals surface area contributed by atoms with Crippen molar-refractivity contribution in [2.75, 3.05) is 11.9 Å². The van der Waals surface area contributed by atoms with Gasteiger partial charge in [-0.05, 0) is 49.2 Å². The van der Waals surface area contributed by atoms with Crippen LogP contribution in [0.3, 0.4) is 0 Å². The second-order valence-electron chi connectivity index (χ2n) is 6.88. The molecule has 0 saturated heterocycles. The van der Waals surface area contributed by atoms with Crippen molar-refractivity contribution in [2.45, 2.75) is 33.6 Å². The second kappa shape index (κ2) is 8.73. The van der Waals surface area contributed by atoms with Crippen LogP contribution in [0, 0.1) is 13.8 Å². The predicted octanol–water partition coefficient (Wildman–Crippen LogP) is 4.37. The molecule has 1 heterocycles. The fraction of sp³-hybridized carbons (Fsp3) is 0.261. The maximum Gasteiger partial charge on any atom is 0.310 e. The van der Waals surface area contributed by atoms with Crippen molar-refractivity contribution in [3.8, 4) is 0 Å². The van der Waals surface area contributed by atoms with Crippen LogP contribution in [0.2, 0.25) is 0 Å². The molecule has 1 aromatic heterocycles. The third-order valence-corrected chi connectivity index (χ3v) is 4.85. The van der Waals surface area contributed by atoms with Crippen LogP contribution in [0.15, 0.2) is 47.1 Å². The van der Waals surface area contributed by atoms with Crippen LogP contribution >= 0.6 is 0 Å². The molecule has 0 unspecified atom stereocenters. The summed E-state index contributed by atoms with van der Waals surface area (Å²) in [7, 11) is 0. The Morgan fingerprint density at radius 3 is 2.45 bits per heavy atom. The van der Waals surface area contributed by atoms with Gasteiger partial charge in [0.1, 0.15) is 5.58 Å². The molecule has 0 bridgehead atoms.